The molecule has 5 aromatic rings. The van der Waals surface area contributed by atoms with Crippen LogP contribution in [0.4, 0.5) is 22.2 Å². The summed E-state index contributed by atoms with van der Waals surface area (Å²) in [7, 11) is 0. The Hall–Kier alpha value is -5.44. The smallest absolute Gasteiger partial charge is 0.255 e. The van der Waals surface area contributed by atoms with E-state index >= 15 is 0 Å². The molecule has 4 N–H and O–H groups in total. The number of fused-ring (bicyclic) bond motifs is 1. The maximum Gasteiger partial charge on any atom is 0.255 e. The lowest BCUT2D eigenvalue weighted by atomic mass is 10.0. The predicted molar refractivity (Wildman–Crippen MR) is 215 cm³/mol. The fourth-order valence-electron chi connectivity index (χ4n) is 6.57. The minimum atomic E-state index is -0.709. The summed E-state index contributed by atoms with van der Waals surface area (Å²) < 4.78 is 0. The van der Waals surface area contributed by atoms with E-state index in [2.05, 4.69) is 26.3 Å². The molecule has 15 heteroatoms. The molecule has 7 rings (SSSR count). The average molecular weight is 796 g/mol. The van der Waals surface area contributed by atoms with Crippen LogP contribution < -0.4 is 21.3 Å². The number of nitrogens with zero attached hydrogens (tertiary/aromatic N) is 3. The van der Waals surface area contributed by atoms with Gasteiger partial charge in [-0.3, -0.25) is 29.3 Å². The van der Waals surface area contributed by atoms with Crippen LogP contribution >= 0.6 is 34.3 Å². The molecule has 2 aromatic heterocycles. The van der Waals surface area contributed by atoms with Crippen molar-refractivity contribution in [2.75, 3.05) is 16.0 Å². The van der Waals surface area contributed by atoms with Crippen molar-refractivity contribution >= 4 is 86.0 Å². The van der Waals surface area contributed by atoms with Crippen LogP contribution in [0.2, 0.25) is 5.02 Å². The van der Waals surface area contributed by atoms with Crippen LogP contribution in [0.25, 0.3) is 22.0 Å². The minimum absolute atomic E-state index is 0.0420. The van der Waals surface area contributed by atoms with Gasteiger partial charge in [0.2, 0.25) is 23.6 Å². The molecule has 55 heavy (non-hydrogen) atoms. The number of rotatable bonds is 15. The zero-order valence-electron chi connectivity index (χ0n) is 29.7. The Morgan fingerprint density at radius 2 is 1.49 bits per heavy atom. The Labute approximate surface area is 330 Å². The Morgan fingerprint density at radius 1 is 0.800 bits per heavy atom. The van der Waals surface area contributed by atoms with Gasteiger partial charge in [-0.05, 0) is 67.8 Å². The molecule has 5 amide bonds. The fraction of sp³-hybridized carbons (Fsp3) is 0.275. The number of benzene rings is 3. The number of unbranched alkanes of at least 4 members (excludes halogenated alkanes) is 4. The molecule has 3 aromatic carbocycles. The number of imide groups is 1. The number of piperidine rings is 1. The molecule has 0 radical (unpaired) electrons. The van der Waals surface area contributed by atoms with E-state index in [1.54, 1.807) is 18.2 Å². The molecule has 282 valence electrons. The summed E-state index contributed by atoms with van der Waals surface area (Å²) in [6.45, 7) is 0.199. The molecule has 2 aliphatic heterocycles. The Morgan fingerprint density at radius 3 is 2.24 bits per heavy atom. The van der Waals surface area contributed by atoms with E-state index in [1.807, 2.05) is 59.3 Å². The number of halogens is 1. The van der Waals surface area contributed by atoms with E-state index in [4.69, 9.17) is 16.6 Å². The largest absolute Gasteiger partial charge is 0.332 e. The molecule has 0 aliphatic carbocycles. The van der Waals surface area contributed by atoms with Gasteiger partial charge in [0.1, 0.15) is 16.7 Å². The van der Waals surface area contributed by atoms with E-state index in [1.165, 1.54) is 27.6 Å². The van der Waals surface area contributed by atoms with Crippen molar-refractivity contribution in [3.8, 4) is 22.0 Å². The van der Waals surface area contributed by atoms with Gasteiger partial charge in [-0.15, -0.1) is 22.7 Å². The second-order valence-electron chi connectivity index (χ2n) is 13.4. The highest BCUT2D eigenvalue weighted by molar-refractivity contribution is 7.15. The van der Waals surface area contributed by atoms with Crippen molar-refractivity contribution in [1.29, 1.82) is 0 Å². The molecule has 2 aliphatic rings. The quantitative estimate of drug-likeness (QED) is 0.0607. The number of thiazole rings is 2. The number of carbonyl (C=O) groups is 5. The SMILES string of the molecule is O=C1CCC(N2Cc3c(NC(=O)CCCCCCCC(=O)Nc4ccc(-c5csc(-c6csc(Nc7ccc(Cl)cc7)n6)n5)cc4)cccc3C2=O)C(=O)N1. The zero-order chi connectivity index (χ0) is 38.3. The third-order valence-corrected chi connectivity index (χ3v) is 11.3. The van der Waals surface area contributed by atoms with E-state index in [-0.39, 0.29) is 43.0 Å². The van der Waals surface area contributed by atoms with E-state index in [0.29, 0.717) is 41.1 Å². The van der Waals surface area contributed by atoms with Gasteiger partial charge in [0.25, 0.3) is 5.91 Å². The molecular formula is C40H38ClN7O5S2. The van der Waals surface area contributed by atoms with E-state index < -0.39 is 11.9 Å². The summed E-state index contributed by atoms with van der Waals surface area (Å²) in [5.74, 6) is -1.26. The monoisotopic (exact) mass is 795 g/mol. The van der Waals surface area contributed by atoms with Crippen molar-refractivity contribution in [3.05, 3.63) is 93.6 Å². The lowest BCUT2D eigenvalue weighted by molar-refractivity contribution is -0.137. The van der Waals surface area contributed by atoms with Crippen LogP contribution in [-0.4, -0.2) is 50.4 Å². The zero-order valence-corrected chi connectivity index (χ0v) is 32.1. The van der Waals surface area contributed by atoms with Gasteiger partial charge in [0.05, 0.1) is 5.69 Å². The number of anilines is 4. The molecular weight excluding hydrogens is 758 g/mol. The van der Waals surface area contributed by atoms with Gasteiger partial charge >= 0.3 is 0 Å². The molecule has 0 saturated carbocycles. The summed E-state index contributed by atoms with van der Waals surface area (Å²) in [6.07, 6.45) is 5.30. The van der Waals surface area contributed by atoms with Gasteiger partial charge in [-0.25, -0.2) is 9.97 Å². The fourth-order valence-corrected chi connectivity index (χ4v) is 8.28. The van der Waals surface area contributed by atoms with Gasteiger partial charge in [0, 0.05) is 75.3 Å². The molecule has 12 nitrogen and oxygen atoms in total. The first kappa shape index (κ1) is 37.9. The first-order valence-corrected chi connectivity index (χ1v) is 20.2. The summed E-state index contributed by atoms with van der Waals surface area (Å²) in [4.78, 5) is 73.3. The molecule has 0 bridgehead atoms. The van der Waals surface area contributed by atoms with Gasteiger partial charge in [0.15, 0.2) is 5.13 Å². The number of aromatic nitrogens is 2. The highest BCUT2D eigenvalue weighted by Gasteiger charge is 2.40. The molecule has 1 unspecified atom stereocenters. The summed E-state index contributed by atoms with van der Waals surface area (Å²) in [5, 5.41) is 17.8. The van der Waals surface area contributed by atoms with Crippen LogP contribution in [-0.2, 0) is 25.7 Å². The Kier molecular flexibility index (Phi) is 11.9. The number of amides is 5. The third kappa shape index (κ3) is 9.45. The highest BCUT2D eigenvalue weighted by atomic mass is 35.5. The number of nitrogens with one attached hydrogen (secondary N) is 4. The van der Waals surface area contributed by atoms with Crippen LogP contribution in [0.15, 0.2) is 77.5 Å². The van der Waals surface area contributed by atoms with Crippen LogP contribution in [0.3, 0.4) is 0 Å². The molecule has 0 spiro atoms. The van der Waals surface area contributed by atoms with Gasteiger partial charge < -0.3 is 20.9 Å². The Bertz CT molecular complexity index is 2220. The van der Waals surface area contributed by atoms with Crippen molar-refractivity contribution < 1.29 is 24.0 Å². The lowest BCUT2D eigenvalue weighted by Crippen LogP contribution is -2.52. The minimum Gasteiger partial charge on any atom is -0.332 e. The molecule has 1 saturated heterocycles. The van der Waals surface area contributed by atoms with Crippen LogP contribution in [0.1, 0.15) is 73.7 Å². The number of hydrogen-bond donors (Lipinski definition) is 4. The number of carbonyl (C=O) groups excluding carboxylic acids is 5. The topological polar surface area (TPSA) is 162 Å². The first-order valence-electron chi connectivity index (χ1n) is 18.1. The maximum absolute atomic E-state index is 13.1. The lowest BCUT2D eigenvalue weighted by Gasteiger charge is -2.29. The second kappa shape index (κ2) is 17.4. The van der Waals surface area contributed by atoms with Crippen molar-refractivity contribution in [1.82, 2.24) is 20.2 Å². The van der Waals surface area contributed by atoms with Crippen LogP contribution in [0.5, 0.6) is 0 Å². The van der Waals surface area contributed by atoms with Crippen LogP contribution in [0, 0.1) is 0 Å². The normalized spacial score (nSPS) is 15.1. The molecule has 4 heterocycles. The summed E-state index contributed by atoms with van der Waals surface area (Å²) in [6, 6.07) is 19.6. The third-order valence-electron chi connectivity index (χ3n) is 9.45. The van der Waals surface area contributed by atoms with Crippen molar-refractivity contribution in [3.63, 3.8) is 0 Å². The second-order valence-corrected chi connectivity index (χ2v) is 15.5. The predicted octanol–water partition coefficient (Wildman–Crippen LogP) is 8.40. The van der Waals surface area contributed by atoms with Crippen molar-refractivity contribution in [2.45, 2.75) is 70.4 Å². The van der Waals surface area contributed by atoms with Crippen molar-refractivity contribution in [2.24, 2.45) is 0 Å². The summed E-state index contributed by atoms with van der Waals surface area (Å²) in [5.41, 5.74) is 5.93. The number of hydrogen-bond acceptors (Lipinski definition) is 10. The highest BCUT2D eigenvalue weighted by Crippen LogP contribution is 2.34. The first-order chi connectivity index (χ1) is 26.7. The van der Waals surface area contributed by atoms with E-state index in [9.17, 15) is 24.0 Å². The van der Waals surface area contributed by atoms with Gasteiger partial charge in [-0.2, -0.15) is 0 Å². The molecule has 1 fully saturated rings. The maximum atomic E-state index is 13.1. The summed E-state index contributed by atoms with van der Waals surface area (Å²) >= 11 is 9.02. The standard InChI is InChI=1S/C40H38ClN7O5S2/c41-25-13-17-27(18-14-25)43-40-46-32(23-55-40)38-45-31(22-54-38)24-11-15-26(16-12-24)42-34(49)9-4-2-1-3-5-10-35(50)44-30-8-6-7-28-29(30)21-48(39(28)53)33-19-20-36(51)47-37(33)52/h6-8,11-18,22-23,33H,1-5,9-10,19-21H2,(H,42,49)(H,43,46)(H,44,50)(H,47,51,52). The Balaban J connectivity index is 0.786. The van der Waals surface area contributed by atoms with Gasteiger partial charge in [-0.1, -0.05) is 49.1 Å². The van der Waals surface area contributed by atoms with E-state index in [0.717, 1.165) is 64.1 Å². The average Bonchev–Trinajstić information content (AvgIpc) is 3.93. The molecule has 1 atom stereocenters.